The highest BCUT2D eigenvalue weighted by Gasteiger charge is 2.25. The summed E-state index contributed by atoms with van der Waals surface area (Å²) in [5, 5.41) is 9.16. The van der Waals surface area contributed by atoms with E-state index in [2.05, 4.69) is 4.90 Å². The Morgan fingerprint density at radius 2 is 2.15 bits per heavy atom. The van der Waals surface area contributed by atoms with E-state index in [1.54, 1.807) is 0 Å². The highest BCUT2D eigenvalue weighted by atomic mass is 16.3. The molecule has 0 bridgehead atoms. The fourth-order valence-electron chi connectivity index (χ4n) is 1.69. The number of nitrogen functional groups attached to an aromatic ring is 1. The number of aryl methyl sites for hydroxylation is 1. The van der Waals surface area contributed by atoms with Crippen molar-refractivity contribution >= 4 is 11.4 Å². The summed E-state index contributed by atoms with van der Waals surface area (Å²) in [7, 11) is 0. The Kier molecular flexibility index (Phi) is 1.88. The van der Waals surface area contributed by atoms with E-state index in [-0.39, 0.29) is 6.10 Å². The van der Waals surface area contributed by atoms with E-state index in [9.17, 15) is 0 Å². The minimum atomic E-state index is -0.156. The van der Waals surface area contributed by atoms with Crippen LogP contribution < -0.4 is 10.6 Å². The predicted octanol–water partition coefficient (Wildman–Crippen LogP) is 0.758. The summed E-state index contributed by atoms with van der Waals surface area (Å²) in [5.74, 6) is 0. The van der Waals surface area contributed by atoms with Gasteiger partial charge in [0.1, 0.15) is 0 Å². The van der Waals surface area contributed by atoms with E-state index in [4.69, 9.17) is 10.8 Å². The lowest BCUT2D eigenvalue weighted by Gasteiger charge is -2.38. The lowest BCUT2D eigenvalue weighted by Crippen LogP contribution is -2.51. The third-order valence-corrected chi connectivity index (χ3v) is 2.42. The van der Waals surface area contributed by atoms with Gasteiger partial charge >= 0.3 is 0 Å². The van der Waals surface area contributed by atoms with Crippen LogP contribution in [0.25, 0.3) is 0 Å². The first-order chi connectivity index (χ1) is 6.16. The second kappa shape index (κ2) is 2.92. The van der Waals surface area contributed by atoms with Crippen LogP contribution in [0.4, 0.5) is 11.4 Å². The summed E-state index contributed by atoms with van der Waals surface area (Å²) in [6.07, 6.45) is -0.156. The van der Waals surface area contributed by atoms with Crippen molar-refractivity contribution in [2.45, 2.75) is 13.0 Å². The molecule has 1 aliphatic heterocycles. The molecule has 3 N–H and O–H groups in total. The summed E-state index contributed by atoms with van der Waals surface area (Å²) < 4.78 is 0. The zero-order chi connectivity index (χ0) is 9.42. The molecule has 1 aromatic rings. The number of aliphatic hydroxyl groups excluding tert-OH is 1. The number of nitrogens with two attached hydrogens (primary N) is 1. The van der Waals surface area contributed by atoms with Crippen molar-refractivity contribution in [2.24, 2.45) is 0 Å². The molecule has 1 heterocycles. The van der Waals surface area contributed by atoms with Gasteiger partial charge in [-0.25, -0.2) is 0 Å². The average molecular weight is 178 g/mol. The Balaban J connectivity index is 2.21. The maximum atomic E-state index is 9.16. The Labute approximate surface area is 77.8 Å². The van der Waals surface area contributed by atoms with Crippen LogP contribution in [0.5, 0.6) is 0 Å². The first-order valence-electron chi connectivity index (χ1n) is 4.46. The van der Waals surface area contributed by atoms with Gasteiger partial charge in [-0.05, 0) is 30.7 Å². The minimum absolute atomic E-state index is 0.156. The van der Waals surface area contributed by atoms with Gasteiger partial charge in [-0.2, -0.15) is 0 Å². The summed E-state index contributed by atoms with van der Waals surface area (Å²) in [5.41, 5.74) is 8.79. The van der Waals surface area contributed by atoms with E-state index >= 15 is 0 Å². The molecule has 0 saturated carbocycles. The standard InChI is InChI=1S/C10H14N2O/c1-7-4-8(11)2-3-10(7)12-5-9(13)6-12/h2-4,9,13H,5-6,11H2,1H3. The van der Waals surface area contributed by atoms with Crippen LogP contribution in [0.3, 0.4) is 0 Å². The van der Waals surface area contributed by atoms with E-state index in [0.29, 0.717) is 0 Å². The van der Waals surface area contributed by atoms with Crippen LogP contribution in [0, 0.1) is 6.92 Å². The third-order valence-electron chi connectivity index (χ3n) is 2.42. The number of anilines is 2. The molecule has 13 heavy (non-hydrogen) atoms. The quantitative estimate of drug-likeness (QED) is 0.624. The molecule has 0 spiro atoms. The SMILES string of the molecule is Cc1cc(N)ccc1N1CC(O)C1. The van der Waals surface area contributed by atoms with Crippen molar-refractivity contribution in [2.75, 3.05) is 23.7 Å². The number of rotatable bonds is 1. The number of β-amino-alcohol motifs (C(OH)–C–C–N with tert-alkyl or cyclic N) is 1. The van der Waals surface area contributed by atoms with Crippen molar-refractivity contribution in [3.05, 3.63) is 23.8 Å². The molecule has 2 rings (SSSR count). The lowest BCUT2D eigenvalue weighted by molar-refractivity contribution is 0.142. The van der Waals surface area contributed by atoms with Crippen LogP contribution in [0.2, 0.25) is 0 Å². The molecule has 1 aromatic carbocycles. The normalized spacial score (nSPS) is 17.2. The second-order valence-electron chi connectivity index (χ2n) is 3.60. The number of aliphatic hydroxyl groups is 1. The largest absolute Gasteiger partial charge is 0.399 e. The molecule has 0 atom stereocenters. The van der Waals surface area contributed by atoms with Crippen molar-refractivity contribution in [1.82, 2.24) is 0 Å². The zero-order valence-corrected chi connectivity index (χ0v) is 7.70. The van der Waals surface area contributed by atoms with Gasteiger partial charge in [0.15, 0.2) is 0 Å². The molecule has 3 nitrogen and oxygen atoms in total. The molecule has 0 aliphatic carbocycles. The molecule has 0 radical (unpaired) electrons. The first kappa shape index (κ1) is 8.38. The highest BCUT2D eigenvalue weighted by Crippen LogP contribution is 2.26. The summed E-state index contributed by atoms with van der Waals surface area (Å²) >= 11 is 0. The molecule has 1 fully saturated rings. The number of nitrogens with zero attached hydrogens (tertiary/aromatic N) is 1. The summed E-state index contributed by atoms with van der Waals surface area (Å²) in [6.45, 7) is 3.52. The maximum absolute atomic E-state index is 9.16. The smallest absolute Gasteiger partial charge is 0.0889 e. The molecule has 0 unspecified atom stereocenters. The van der Waals surface area contributed by atoms with Gasteiger partial charge in [0.25, 0.3) is 0 Å². The van der Waals surface area contributed by atoms with Crippen LogP contribution in [0.1, 0.15) is 5.56 Å². The molecule has 0 aromatic heterocycles. The van der Waals surface area contributed by atoms with E-state index in [0.717, 1.165) is 18.8 Å². The Bertz CT molecular complexity index is 319. The predicted molar refractivity (Wildman–Crippen MR) is 53.8 cm³/mol. The maximum Gasteiger partial charge on any atom is 0.0889 e. The number of hydrogen-bond acceptors (Lipinski definition) is 3. The van der Waals surface area contributed by atoms with Gasteiger partial charge in [0.05, 0.1) is 6.10 Å². The van der Waals surface area contributed by atoms with Gasteiger partial charge in [-0.15, -0.1) is 0 Å². The zero-order valence-electron chi connectivity index (χ0n) is 7.70. The topological polar surface area (TPSA) is 49.5 Å². The number of hydrogen-bond donors (Lipinski definition) is 2. The van der Waals surface area contributed by atoms with E-state index in [1.807, 2.05) is 25.1 Å². The molecular formula is C10H14N2O. The molecular weight excluding hydrogens is 164 g/mol. The Morgan fingerprint density at radius 3 is 2.69 bits per heavy atom. The molecule has 3 heteroatoms. The molecule has 0 amide bonds. The van der Waals surface area contributed by atoms with Crippen molar-refractivity contribution in [3.8, 4) is 0 Å². The van der Waals surface area contributed by atoms with Gasteiger partial charge in [-0.1, -0.05) is 0 Å². The van der Waals surface area contributed by atoms with Crippen LogP contribution in [-0.2, 0) is 0 Å². The Morgan fingerprint density at radius 1 is 1.46 bits per heavy atom. The first-order valence-corrected chi connectivity index (χ1v) is 4.46. The summed E-state index contributed by atoms with van der Waals surface area (Å²) in [4.78, 5) is 2.15. The molecule has 70 valence electrons. The molecule has 1 aliphatic rings. The summed E-state index contributed by atoms with van der Waals surface area (Å²) in [6, 6.07) is 5.86. The third kappa shape index (κ3) is 1.47. The average Bonchev–Trinajstić information content (AvgIpc) is 2.00. The van der Waals surface area contributed by atoms with E-state index < -0.39 is 0 Å². The van der Waals surface area contributed by atoms with Gasteiger partial charge in [0.2, 0.25) is 0 Å². The highest BCUT2D eigenvalue weighted by molar-refractivity contribution is 5.60. The Hall–Kier alpha value is -1.22. The second-order valence-corrected chi connectivity index (χ2v) is 3.60. The number of benzene rings is 1. The van der Waals surface area contributed by atoms with Crippen LogP contribution in [-0.4, -0.2) is 24.3 Å². The van der Waals surface area contributed by atoms with Gasteiger partial charge in [-0.3, -0.25) is 0 Å². The van der Waals surface area contributed by atoms with E-state index in [1.165, 1.54) is 11.3 Å². The van der Waals surface area contributed by atoms with Gasteiger partial charge in [0, 0.05) is 24.5 Å². The fourth-order valence-corrected chi connectivity index (χ4v) is 1.69. The van der Waals surface area contributed by atoms with Crippen molar-refractivity contribution in [1.29, 1.82) is 0 Å². The van der Waals surface area contributed by atoms with Crippen LogP contribution >= 0.6 is 0 Å². The fraction of sp³-hybridized carbons (Fsp3) is 0.400. The van der Waals surface area contributed by atoms with Crippen LogP contribution in [0.15, 0.2) is 18.2 Å². The van der Waals surface area contributed by atoms with Crippen molar-refractivity contribution in [3.63, 3.8) is 0 Å². The lowest BCUT2D eigenvalue weighted by atomic mass is 10.1. The van der Waals surface area contributed by atoms with Gasteiger partial charge < -0.3 is 15.7 Å². The minimum Gasteiger partial charge on any atom is -0.399 e. The monoisotopic (exact) mass is 178 g/mol. The molecule has 1 saturated heterocycles. The van der Waals surface area contributed by atoms with Crippen molar-refractivity contribution < 1.29 is 5.11 Å².